The molecule has 2 heterocycles. The Labute approximate surface area is 80.2 Å². The Kier molecular flexibility index (Phi) is 2.86. The molecule has 0 amide bonds. The highest BCUT2D eigenvalue weighted by Gasteiger charge is 2.30. The van der Waals surface area contributed by atoms with Crippen LogP contribution < -0.4 is 5.73 Å². The normalized spacial score (nSPS) is 38.3. The van der Waals surface area contributed by atoms with E-state index in [1.165, 1.54) is 13.0 Å². The maximum Gasteiger partial charge on any atom is 0.0509 e. The van der Waals surface area contributed by atoms with Crippen LogP contribution in [-0.2, 0) is 4.74 Å². The summed E-state index contributed by atoms with van der Waals surface area (Å²) in [7, 11) is 0. The molecule has 0 saturated carbocycles. The number of ether oxygens (including phenoxy) is 1. The van der Waals surface area contributed by atoms with Crippen molar-refractivity contribution >= 4 is 0 Å². The fourth-order valence-corrected chi connectivity index (χ4v) is 2.42. The minimum absolute atomic E-state index is 0.407. The van der Waals surface area contributed by atoms with Crippen molar-refractivity contribution in [1.29, 1.82) is 0 Å². The first-order valence-electron chi connectivity index (χ1n) is 5.35. The molecule has 2 rings (SSSR count). The van der Waals surface area contributed by atoms with Crippen LogP contribution in [0.3, 0.4) is 0 Å². The summed E-state index contributed by atoms with van der Waals surface area (Å²) in [5, 5.41) is 0. The molecule has 0 radical (unpaired) electrons. The van der Waals surface area contributed by atoms with E-state index < -0.39 is 0 Å². The van der Waals surface area contributed by atoms with Crippen molar-refractivity contribution < 1.29 is 4.74 Å². The van der Waals surface area contributed by atoms with Gasteiger partial charge >= 0.3 is 0 Å². The van der Waals surface area contributed by atoms with Crippen LogP contribution in [-0.4, -0.2) is 43.3 Å². The standard InChI is InChI=1S/C10H20N2O/c1-8(9-3-5-13-7-9)12-4-2-10(11)6-12/h8-10H,2-7,11H2,1H3. The molecular weight excluding hydrogens is 164 g/mol. The van der Waals surface area contributed by atoms with Crippen molar-refractivity contribution in [2.24, 2.45) is 11.7 Å². The average molecular weight is 184 g/mol. The highest BCUT2D eigenvalue weighted by Crippen LogP contribution is 2.23. The zero-order chi connectivity index (χ0) is 9.26. The minimum atomic E-state index is 0.407. The van der Waals surface area contributed by atoms with E-state index in [-0.39, 0.29) is 0 Å². The van der Waals surface area contributed by atoms with E-state index in [0.29, 0.717) is 12.1 Å². The molecule has 0 bridgehead atoms. The number of nitrogens with zero attached hydrogens (tertiary/aromatic N) is 1. The summed E-state index contributed by atoms with van der Waals surface area (Å²) in [6.45, 7) is 6.48. The smallest absolute Gasteiger partial charge is 0.0509 e. The Bertz CT molecular complexity index is 168. The average Bonchev–Trinajstić information content (AvgIpc) is 2.72. The predicted molar refractivity (Wildman–Crippen MR) is 52.6 cm³/mol. The first-order chi connectivity index (χ1) is 6.27. The third kappa shape index (κ3) is 2.03. The van der Waals surface area contributed by atoms with Gasteiger partial charge in [-0.25, -0.2) is 0 Å². The lowest BCUT2D eigenvalue weighted by atomic mass is 10.00. The van der Waals surface area contributed by atoms with Gasteiger partial charge in [-0.15, -0.1) is 0 Å². The van der Waals surface area contributed by atoms with Crippen molar-refractivity contribution in [2.75, 3.05) is 26.3 Å². The van der Waals surface area contributed by atoms with Gasteiger partial charge in [-0.1, -0.05) is 0 Å². The zero-order valence-electron chi connectivity index (χ0n) is 8.41. The topological polar surface area (TPSA) is 38.5 Å². The fraction of sp³-hybridized carbons (Fsp3) is 1.00. The first-order valence-corrected chi connectivity index (χ1v) is 5.35. The molecule has 3 unspecified atom stereocenters. The van der Waals surface area contributed by atoms with E-state index >= 15 is 0 Å². The van der Waals surface area contributed by atoms with E-state index in [4.69, 9.17) is 10.5 Å². The maximum absolute atomic E-state index is 5.89. The number of nitrogens with two attached hydrogens (primary N) is 1. The molecule has 2 aliphatic rings. The molecule has 3 atom stereocenters. The molecule has 0 aromatic heterocycles. The van der Waals surface area contributed by atoms with Gasteiger partial charge in [-0.3, -0.25) is 4.90 Å². The van der Waals surface area contributed by atoms with Gasteiger partial charge in [0.05, 0.1) is 6.61 Å². The van der Waals surface area contributed by atoms with Crippen LogP contribution in [0.5, 0.6) is 0 Å². The second kappa shape index (κ2) is 3.95. The van der Waals surface area contributed by atoms with Gasteiger partial charge in [0.25, 0.3) is 0 Å². The van der Waals surface area contributed by atoms with Crippen LogP contribution in [0.25, 0.3) is 0 Å². The number of likely N-dealkylation sites (tertiary alicyclic amines) is 1. The van der Waals surface area contributed by atoms with Crippen LogP contribution in [0, 0.1) is 5.92 Å². The number of hydrogen-bond acceptors (Lipinski definition) is 3. The Morgan fingerprint density at radius 1 is 1.46 bits per heavy atom. The second-order valence-corrected chi connectivity index (χ2v) is 4.41. The number of rotatable bonds is 2. The van der Waals surface area contributed by atoms with Gasteiger partial charge < -0.3 is 10.5 Å². The van der Waals surface area contributed by atoms with Crippen LogP contribution in [0.4, 0.5) is 0 Å². The summed E-state index contributed by atoms with van der Waals surface area (Å²) in [6.07, 6.45) is 2.39. The van der Waals surface area contributed by atoms with Gasteiger partial charge in [0.2, 0.25) is 0 Å². The predicted octanol–water partition coefficient (Wildman–Crippen LogP) is 0.444. The van der Waals surface area contributed by atoms with Gasteiger partial charge in [0, 0.05) is 31.8 Å². The van der Waals surface area contributed by atoms with Gasteiger partial charge in [-0.2, -0.15) is 0 Å². The van der Waals surface area contributed by atoms with Gasteiger partial charge in [0.1, 0.15) is 0 Å². The summed E-state index contributed by atoms with van der Waals surface area (Å²) in [5.74, 6) is 0.741. The van der Waals surface area contributed by atoms with Gasteiger partial charge in [-0.05, 0) is 25.7 Å². The minimum Gasteiger partial charge on any atom is -0.381 e. The summed E-state index contributed by atoms with van der Waals surface area (Å²) in [6, 6.07) is 1.07. The molecule has 3 heteroatoms. The van der Waals surface area contributed by atoms with Crippen molar-refractivity contribution in [3.8, 4) is 0 Å². The lowest BCUT2D eigenvalue weighted by Crippen LogP contribution is -2.38. The Morgan fingerprint density at radius 3 is 2.85 bits per heavy atom. The highest BCUT2D eigenvalue weighted by atomic mass is 16.5. The van der Waals surface area contributed by atoms with Crippen LogP contribution in [0.2, 0.25) is 0 Å². The maximum atomic E-state index is 5.89. The molecular formula is C10H20N2O. The zero-order valence-corrected chi connectivity index (χ0v) is 8.41. The molecule has 2 N–H and O–H groups in total. The first kappa shape index (κ1) is 9.44. The van der Waals surface area contributed by atoms with E-state index in [2.05, 4.69) is 11.8 Å². The van der Waals surface area contributed by atoms with Crippen molar-refractivity contribution in [3.05, 3.63) is 0 Å². The molecule has 3 nitrogen and oxygen atoms in total. The molecule has 0 spiro atoms. The fourth-order valence-electron chi connectivity index (χ4n) is 2.42. The second-order valence-electron chi connectivity index (χ2n) is 4.41. The summed E-state index contributed by atoms with van der Waals surface area (Å²) >= 11 is 0. The molecule has 76 valence electrons. The Morgan fingerprint density at radius 2 is 2.31 bits per heavy atom. The monoisotopic (exact) mass is 184 g/mol. The summed E-state index contributed by atoms with van der Waals surface area (Å²) < 4.78 is 5.41. The van der Waals surface area contributed by atoms with Crippen LogP contribution >= 0.6 is 0 Å². The van der Waals surface area contributed by atoms with Crippen LogP contribution in [0.1, 0.15) is 19.8 Å². The lowest BCUT2D eigenvalue weighted by Gasteiger charge is -2.28. The van der Waals surface area contributed by atoms with E-state index in [0.717, 1.165) is 32.1 Å². The molecule has 2 aliphatic heterocycles. The third-order valence-corrected chi connectivity index (χ3v) is 3.48. The molecule has 0 aromatic rings. The van der Waals surface area contributed by atoms with E-state index in [9.17, 15) is 0 Å². The van der Waals surface area contributed by atoms with E-state index in [1.807, 2.05) is 0 Å². The quantitative estimate of drug-likeness (QED) is 0.677. The largest absolute Gasteiger partial charge is 0.381 e. The third-order valence-electron chi connectivity index (χ3n) is 3.48. The summed E-state index contributed by atoms with van der Waals surface area (Å²) in [5.41, 5.74) is 5.89. The van der Waals surface area contributed by atoms with Crippen molar-refractivity contribution in [1.82, 2.24) is 4.90 Å². The Balaban J connectivity index is 1.85. The molecule has 0 aromatic carbocycles. The van der Waals surface area contributed by atoms with Crippen molar-refractivity contribution in [3.63, 3.8) is 0 Å². The highest BCUT2D eigenvalue weighted by molar-refractivity contribution is 4.85. The van der Waals surface area contributed by atoms with Crippen LogP contribution in [0.15, 0.2) is 0 Å². The Hall–Kier alpha value is -0.120. The number of hydrogen-bond donors (Lipinski definition) is 1. The van der Waals surface area contributed by atoms with Gasteiger partial charge in [0.15, 0.2) is 0 Å². The van der Waals surface area contributed by atoms with Crippen molar-refractivity contribution in [2.45, 2.75) is 31.8 Å². The molecule has 2 saturated heterocycles. The SMILES string of the molecule is CC(C1CCOC1)N1CCC(N)C1. The lowest BCUT2D eigenvalue weighted by molar-refractivity contribution is 0.144. The molecule has 13 heavy (non-hydrogen) atoms. The molecule has 0 aliphatic carbocycles. The molecule has 2 fully saturated rings. The van der Waals surface area contributed by atoms with E-state index in [1.54, 1.807) is 0 Å². The summed E-state index contributed by atoms with van der Waals surface area (Å²) in [4.78, 5) is 2.52.